The van der Waals surface area contributed by atoms with Gasteiger partial charge in [0.15, 0.2) is 0 Å². The Morgan fingerprint density at radius 2 is 1.94 bits per heavy atom. The molecule has 0 aliphatic rings. The predicted octanol–water partition coefficient (Wildman–Crippen LogP) is 2.05. The Hall–Kier alpha value is -1.77. The molecule has 0 N–H and O–H groups in total. The van der Waals surface area contributed by atoms with E-state index in [1.807, 2.05) is 36.9 Å². The highest BCUT2D eigenvalue weighted by Crippen LogP contribution is 2.13. The Labute approximate surface area is 94.9 Å². The van der Waals surface area contributed by atoms with E-state index in [1.165, 1.54) is 5.56 Å². The number of aryl methyl sites for hydroxylation is 2. The van der Waals surface area contributed by atoms with E-state index in [0.717, 1.165) is 17.8 Å². The van der Waals surface area contributed by atoms with Gasteiger partial charge in [-0.25, -0.2) is 4.68 Å². The third-order valence-corrected chi connectivity index (χ3v) is 2.95. The zero-order valence-corrected chi connectivity index (χ0v) is 9.90. The van der Waals surface area contributed by atoms with Crippen molar-refractivity contribution >= 4 is 0 Å². The van der Waals surface area contributed by atoms with Crippen LogP contribution < -0.4 is 5.56 Å². The van der Waals surface area contributed by atoms with Crippen LogP contribution in [-0.2, 0) is 13.5 Å². The molecule has 3 heteroatoms. The molecule has 0 radical (unpaired) electrons. The molecule has 0 aliphatic heterocycles. The third-order valence-electron chi connectivity index (χ3n) is 2.95. The number of para-hydroxylation sites is 1. The van der Waals surface area contributed by atoms with Crippen LogP contribution in [0, 0.1) is 6.92 Å². The molecule has 0 bridgehead atoms. The third kappa shape index (κ3) is 1.58. The second-order valence-corrected chi connectivity index (χ2v) is 3.94. The minimum atomic E-state index is 0.0286. The molecule has 0 saturated heterocycles. The Kier molecular flexibility index (Phi) is 2.69. The first kappa shape index (κ1) is 10.7. The normalized spacial score (nSPS) is 10.7. The Balaban J connectivity index is 2.72. The molecule has 16 heavy (non-hydrogen) atoms. The van der Waals surface area contributed by atoms with Crippen molar-refractivity contribution in [3.05, 3.63) is 51.9 Å². The van der Waals surface area contributed by atoms with Crippen molar-refractivity contribution in [3.8, 4) is 5.69 Å². The number of hydrogen-bond donors (Lipinski definition) is 0. The van der Waals surface area contributed by atoms with E-state index in [2.05, 4.69) is 13.0 Å². The molecular weight excluding hydrogens is 200 g/mol. The summed E-state index contributed by atoms with van der Waals surface area (Å²) in [6.07, 6.45) is 0.923. The topological polar surface area (TPSA) is 26.9 Å². The summed E-state index contributed by atoms with van der Waals surface area (Å²) in [6.45, 7) is 4.03. The lowest BCUT2D eigenvalue weighted by atomic mass is 10.1. The molecule has 2 rings (SSSR count). The fourth-order valence-electron chi connectivity index (χ4n) is 1.94. The standard InChI is InChI=1S/C13H16N2O/c1-4-11-7-5-6-8-12(11)15-13(16)9-10(2)14(15)3/h5-9H,4H2,1-3H3. The maximum absolute atomic E-state index is 11.9. The van der Waals surface area contributed by atoms with E-state index in [4.69, 9.17) is 0 Å². The van der Waals surface area contributed by atoms with Gasteiger partial charge in [0.2, 0.25) is 0 Å². The number of rotatable bonds is 2. The Morgan fingerprint density at radius 3 is 2.50 bits per heavy atom. The average Bonchev–Trinajstić information content (AvgIpc) is 2.53. The predicted molar refractivity (Wildman–Crippen MR) is 65.1 cm³/mol. The molecule has 84 valence electrons. The van der Waals surface area contributed by atoms with E-state index < -0.39 is 0 Å². The van der Waals surface area contributed by atoms with Gasteiger partial charge in [-0.05, 0) is 25.0 Å². The lowest BCUT2D eigenvalue weighted by Crippen LogP contribution is -2.20. The monoisotopic (exact) mass is 216 g/mol. The molecule has 3 nitrogen and oxygen atoms in total. The maximum Gasteiger partial charge on any atom is 0.271 e. The zero-order chi connectivity index (χ0) is 11.7. The van der Waals surface area contributed by atoms with Gasteiger partial charge in [-0.3, -0.25) is 9.48 Å². The SMILES string of the molecule is CCc1ccccc1-n1c(=O)cc(C)n1C. The van der Waals surface area contributed by atoms with Gasteiger partial charge in [0.25, 0.3) is 5.56 Å². The number of nitrogens with zero attached hydrogens (tertiary/aromatic N) is 2. The Bertz CT molecular complexity index is 564. The molecular formula is C13H16N2O. The van der Waals surface area contributed by atoms with Crippen molar-refractivity contribution in [2.45, 2.75) is 20.3 Å². The van der Waals surface area contributed by atoms with Crippen LogP contribution in [-0.4, -0.2) is 9.36 Å². The molecule has 1 aromatic heterocycles. The van der Waals surface area contributed by atoms with E-state index in [-0.39, 0.29) is 5.56 Å². The molecule has 0 fully saturated rings. The van der Waals surface area contributed by atoms with Gasteiger partial charge in [0.05, 0.1) is 5.69 Å². The summed E-state index contributed by atoms with van der Waals surface area (Å²) < 4.78 is 3.60. The fourth-order valence-corrected chi connectivity index (χ4v) is 1.94. The number of hydrogen-bond acceptors (Lipinski definition) is 1. The van der Waals surface area contributed by atoms with Gasteiger partial charge in [0, 0.05) is 18.8 Å². The van der Waals surface area contributed by atoms with Crippen molar-refractivity contribution < 1.29 is 0 Å². The van der Waals surface area contributed by atoms with Crippen LogP contribution in [0.15, 0.2) is 35.1 Å². The highest BCUT2D eigenvalue weighted by molar-refractivity contribution is 5.40. The van der Waals surface area contributed by atoms with Crippen molar-refractivity contribution in [1.82, 2.24) is 9.36 Å². The largest absolute Gasteiger partial charge is 0.285 e. The summed E-state index contributed by atoms with van der Waals surface area (Å²) in [5, 5.41) is 0. The van der Waals surface area contributed by atoms with Crippen molar-refractivity contribution in [2.75, 3.05) is 0 Å². The van der Waals surface area contributed by atoms with Gasteiger partial charge in [-0.15, -0.1) is 0 Å². The van der Waals surface area contributed by atoms with Crippen molar-refractivity contribution in [3.63, 3.8) is 0 Å². The second kappa shape index (κ2) is 4.00. The molecule has 2 aromatic rings. The molecule has 0 spiro atoms. The van der Waals surface area contributed by atoms with Gasteiger partial charge in [0.1, 0.15) is 0 Å². The van der Waals surface area contributed by atoms with Crippen molar-refractivity contribution in [2.24, 2.45) is 7.05 Å². The van der Waals surface area contributed by atoms with Gasteiger partial charge in [-0.2, -0.15) is 0 Å². The number of aromatic nitrogens is 2. The van der Waals surface area contributed by atoms with Gasteiger partial charge >= 0.3 is 0 Å². The minimum Gasteiger partial charge on any atom is -0.285 e. The lowest BCUT2D eigenvalue weighted by Gasteiger charge is -2.12. The highest BCUT2D eigenvalue weighted by atomic mass is 16.1. The van der Waals surface area contributed by atoms with Gasteiger partial charge in [-0.1, -0.05) is 25.1 Å². The summed E-state index contributed by atoms with van der Waals surface area (Å²) in [4.78, 5) is 11.9. The highest BCUT2D eigenvalue weighted by Gasteiger charge is 2.09. The molecule has 0 saturated carbocycles. The molecule has 1 aromatic carbocycles. The summed E-state index contributed by atoms with van der Waals surface area (Å²) in [7, 11) is 1.91. The van der Waals surface area contributed by atoms with Gasteiger partial charge < -0.3 is 0 Å². The van der Waals surface area contributed by atoms with Crippen LogP contribution in [0.25, 0.3) is 5.69 Å². The summed E-state index contributed by atoms with van der Waals surface area (Å²) in [6, 6.07) is 9.67. The summed E-state index contributed by atoms with van der Waals surface area (Å²) in [5.41, 5.74) is 3.16. The first-order valence-electron chi connectivity index (χ1n) is 5.49. The Morgan fingerprint density at radius 1 is 1.25 bits per heavy atom. The van der Waals surface area contributed by atoms with E-state index >= 15 is 0 Å². The quantitative estimate of drug-likeness (QED) is 0.754. The molecule has 0 unspecified atom stereocenters. The summed E-state index contributed by atoms with van der Waals surface area (Å²) >= 11 is 0. The first-order chi connectivity index (χ1) is 7.65. The first-order valence-corrected chi connectivity index (χ1v) is 5.49. The maximum atomic E-state index is 11.9. The van der Waals surface area contributed by atoms with Crippen LogP contribution in [0.1, 0.15) is 18.2 Å². The van der Waals surface area contributed by atoms with Crippen LogP contribution in [0.2, 0.25) is 0 Å². The van der Waals surface area contributed by atoms with Crippen LogP contribution in [0.3, 0.4) is 0 Å². The average molecular weight is 216 g/mol. The van der Waals surface area contributed by atoms with Crippen LogP contribution in [0.4, 0.5) is 0 Å². The summed E-state index contributed by atoms with van der Waals surface area (Å²) in [5.74, 6) is 0. The molecule has 0 amide bonds. The minimum absolute atomic E-state index is 0.0286. The number of benzene rings is 1. The second-order valence-electron chi connectivity index (χ2n) is 3.94. The molecule has 0 aliphatic carbocycles. The van der Waals surface area contributed by atoms with E-state index in [1.54, 1.807) is 10.7 Å². The van der Waals surface area contributed by atoms with E-state index in [9.17, 15) is 4.79 Å². The van der Waals surface area contributed by atoms with Crippen LogP contribution >= 0.6 is 0 Å². The lowest BCUT2D eigenvalue weighted by molar-refractivity contribution is 0.626. The smallest absolute Gasteiger partial charge is 0.271 e. The van der Waals surface area contributed by atoms with Crippen LogP contribution in [0.5, 0.6) is 0 Å². The van der Waals surface area contributed by atoms with E-state index in [0.29, 0.717) is 0 Å². The molecule has 0 atom stereocenters. The molecule has 1 heterocycles. The fraction of sp³-hybridized carbons (Fsp3) is 0.308. The van der Waals surface area contributed by atoms with Crippen molar-refractivity contribution in [1.29, 1.82) is 0 Å². The zero-order valence-electron chi connectivity index (χ0n) is 9.90.